The first-order chi connectivity index (χ1) is 7.00. The van der Waals surface area contributed by atoms with E-state index in [0.717, 1.165) is 0 Å². The Balaban J connectivity index is 2.82. The molecule has 0 aliphatic rings. The number of halogens is 2. The molecule has 1 rings (SSSR count). The topological polar surface area (TPSA) is 61.7 Å². The SMILES string of the molecule is CC(=NNc1ccc(F)cc1Br)C(=O)O. The zero-order chi connectivity index (χ0) is 11.4. The Morgan fingerprint density at radius 2 is 2.27 bits per heavy atom. The Morgan fingerprint density at radius 1 is 1.60 bits per heavy atom. The summed E-state index contributed by atoms with van der Waals surface area (Å²) >= 11 is 3.12. The van der Waals surface area contributed by atoms with Crippen molar-refractivity contribution >= 4 is 33.3 Å². The van der Waals surface area contributed by atoms with E-state index in [1.165, 1.54) is 25.1 Å². The van der Waals surface area contributed by atoms with Gasteiger partial charge in [0.05, 0.1) is 5.69 Å². The van der Waals surface area contributed by atoms with E-state index in [-0.39, 0.29) is 11.5 Å². The second-order valence-corrected chi connectivity index (χ2v) is 3.59. The van der Waals surface area contributed by atoms with E-state index in [2.05, 4.69) is 26.5 Å². The standard InChI is InChI=1S/C9H8BrFN2O2/c1-5(9(14)15)12-13-8-3-2-6(11)4-7(8)10/h2-4,13H,1H3,(H,14,15). The molecular weight excluding hydrogens is 267 g/mol. The number of benzene rings is 1. The first-order valence-corrected chi connectivity index (χ1v) is 4.78. The van der Waals surface area contributed by atoms with Gasteiger partial charge in [-0.3, -0.25) is 5.43 Å². The molecule has 4 nitrogen and oxygen atoms in total. The molecule has 0 unspecified atom stereocenters. The van der Waals surface area contributed by atoms with Gasteiger partial charge in [0.15, 0.2) is 0 Å². The lowest BCUT2D eigenvalue weighted by Gasteiger charge is -2.03. The molecular formula is C9H8BrFN2O2. The Labute approximate surface area is 93.9 Å². The van der Waals surface area contributed by atoms with E-state index in [1.54, 1.807) is 0 Å². The smallest absolute Gasteiger partial charge is 0.351 e. The highest BCUT2D eigenvalue weighted by molar-refractivity contribution is 9.10. The number of hydrogen-bond acceptors (Lipinski definition) is 3. The third-order valence-corrected chi connectivity index (χ3v) is 2.24. The molecule has 0 fully saturated rings. The minimum atomic E-state index is -1.11. The number of hydrogen-bond donors (Lipinski definition) is 2. The van der Waals surface area contributed by atoms with Gasteiger partial charge in [-0.25, -0.2) is 9.18 Å². The van der Waals surface area contributed by atoms with Crippen LogP contribution in [0.2, 0.25) is 0 Å². The van der Waals surface area contributed by atoms with E-state index in [4.69, 9.17) is 5.11 Å². The van der Waals surface area contributed by atoms with E-state index in [0.29, 0.717) is 10.2 Å². The van der Waals surface area contributed by atoms with Crippen LogP contribution in [-0.2, 0) is 4.79 Å². The number of carboxylic acid groups (broad SMARTS) is 1. The maximum Gasteiger partial charge on any atom is 0.351 e. The third-order valence-electron chi connectivity index (χ3n) is 1.58. The lowest BCUT2D eigenvalue weighted by Crippen LogP contribution is -2.10. The highest BCUT2D eigenvalue weighted by Gasteiger charge is 2.03. The van der Waals surface area contributed by atoms with Crippen molar-refractivity contribution in [1.82, 2.24) is 0 Å². The van der Waals surface area contributed by atoms with Crippen molar-refractivity contribution in [3.8, 4) is 0 Å². The summed E-state index contributed by atoms with van der Waals surface area (Å²) in [6.07, 6.45) is 0. The second-order valence-electron chi connectivity index (χ2n) is 2.74. The summed E-state index contributed by atoms with van der Waals surface area (Å²) in [6.45, 7) is 1.35. The fraction of sp³-hybridized carbons (Fsp3) is 0.111. The van der Waals surface area contributed by atoms with Crippen molar-refractivity contribution in [2.45, 2.75) is 6.92 Å². The van der Waals surface area contributed by atoms with Gasteiger partial charge < -0.3 is 5.11 Å². The van der Waals surface area contributed by atoms with Crippen molar-refractivity contribution in [2.75, 3.05) is 5.43 Å². The molecule has 0 bridgehead atoms. The molecule has 1 aromatic rings. The molecule has 0 atom stereocenters. The van der Waals surface area contributed by atoms with Crippen molar-refractivity contribution in [3.05, 3.63) is 28.5 Å². The van der Waals surface area contributed by atoms with Crippen LogP contribution in [0.1, 0.15) is 6.92 Å². The predicted molar refractivity (Wildman–Crippen MR) is 58.5 cm³/mol. The number of carbonyl (C=O) groups is 1. The lowest BCUT2D eigenvalue weighted by atomic mass is 10.3. The van der Waals surface area contributed by atoms with Gasteiger partial charge in [0.25, 0.3) is 0 Å². The molecule has 0 aromatic heterocycles. The average molecular weight is 275 g/mol. The minimum absolute atomic E-state index is 0.0776. The maximum atomic E-state index is 12.7. The van der Waals surface area contributed by atoms with Crippen LogP contribution >= 0.6 is 15.9 Å². The zero-order valence-electron chi connectivity index (χ0n) is 7.79. The number of nitrogens with one attached hydrogen (secondary N) is 1. The monoisotopic (exact) mass is 274 g/mol. The van der Waals surface area contributed by atoms with E-state index in [1.807, 2.05) is 0 Å². The van der Waals surface area contributed by atoms with Gasteiger partial charge in [0.1, 0.15) is 11.5 Å². The van der Waals surface area contributed by atoms with Crippen LogP contribution < -0.4 is 5.43 Å². The summed E-state index contributed by atoms with van der Waals surface area (Å²) in [5.74, 6) is -1.49. The molecule has 0 amide bonds. The fourth-order valence-electron chi connectivity index (χ4n) is 0.772. The Bertz CT molecular complexity index is 421. The third kappa shape index (κ3) is 3.32. The van der Waals surface area contributed by atoms with Gasteiger partial charge in [-0.1, -0.05) is 0 Å². The van der Waals surface area contributed by atoms with Crippen LogP contribution in [-0.4, -0.2) is 16.8 Å². The zero-order valence-corrected chi connectivity index (χ0v) is 9.38. The van der Waals surface area contributed by atoms with Crippen LogP contribution in [0, 0.1) is 5.82 Å². The van der Waals surface area contributed by atoms with Crippen LogP contribution in [0.4, 0.5) is 10.1 Å². The van der Waals surface area contributed by atoms with Gasteiger partial charge in [0.2, 0.25) is 0 Å². The van der Waals surface area contributed by atoms with Crippen molar-refractivity contribution in [1.29, 1.82) is 0 Å². The molecule has 15 heavy (non-hydrogen) atoms. The summed E-state index contributed by atoms with van der Waals surface area (Å²) in [4.78, 5) is 10.4. The van der Waals surface area contributed by atoms with Gasteiger partial charge in [-0.05, 0) is 41.1 Å². The first kappa shape index (κ1) is 11.6. The van der Waals surface area contributed by atoms with Crippen LogP contribution in [0.25, 0.3) is 0 Å². The van der Waals surface area contributed by atoms with Crippen LogP contribution in [0.3, 0.4) is 0 Å². The van der Waals surface area contributed by atoms with E-state index < -0.39 is 5.97 Å². The van der Waals surface area contributed by atoms with Crippen molar-refractivity contribution in [3.63, 3.8) is 0 Å². The molecule has 0 radical (unpaired) electrons. The highest BCUT2D eigenvalue weighted by Crippen LogP contribution is 2.22. The summed E-state index contributed by atoms with van der Waals surface area (Å²) < 4.78 is 13.2. The minimum Gasteiger partial charge on any atom is -0.477 e. The van der Waals surface area contributed by atoms with Crippen LogP contribution in [0.5, 0.6) is 0 Å². The molecule has 80 valence electrons. The number of carboxylic acids is 1. The van der Waals surface area contributed by atoms with Gasteiger partial charge >= 0.3 is 5.97 Å². The molecule has 0 aliphatic carbocycles. The molecule has 0 aliphatic heterocycles. The largest absolute Gasteiger partial charge is 0.477 e. The number of anilines is 1. The average Bonchev–Trinajstić information content (AvgIpc) is 2.15. The van der Waals surface area contributed by atoms with Crippen LogP contribution in [0.15, 0.2) is 27.8 Å². The molecule has 2 N–H and O–H groups in total. The lowest BCUT2D eigenvalue weighted by molar-refractivity contribution is -0.129. The molecule has 0 saturated carbocycles. The molecule has 6 heteroatoms. The summed E-state index contributed by atoms with van der Waals surface area (Å²) in [5.41, 5.74) is 2.93. The van der Waals surface area contributed by atoms with Crippen molar-refractivity contribution in [2.24, 2.45) is 5.10 Å². The highest BCUT2D eigenvalue weighted by atomic mass is 79.9. The molecule has 0 spiro atoms. The summed E-state index contributed by atoms with van der Waals surface area (Å²) in [5, 5.41) is 12.1. The Kier molecular flexibility index (Phi) is 3.79. The normalized spacial score (nSPS) is 11.3. The Hall–Kier alpha value is -1.43. The van der Waals surface area contributed by atoms with Crippen molar-refractivity contribution < 1.29 is 14.3 Å². The maximum absolute atomic E-state index is 12.7. The number of aliphatic carboxylic acids is 1. The number of rotatable bonds is 3. The van der Waals surface area contributed by atoms with Gasteiger partial charge in [0, 0.05) is 4.47 Å². The summed E-state index contributed by atoms with van der Waals surface area (Å²) in [7, 11) is 0. The predicted octanol–water partition coefficient (Wildman–Crippen LogP) is 2.46. The summed E-state index contributed by atoms with van der Waals surface area (Å²) in [6, 6.07) is 3.96. The van der Waals surface area contributed by atoms with E-state index >= 15 is 0 Å². The number of hydrazone groups is 1. The van der Waals surface area contributed by atoms with Gasteiger partial charge in [-0.15, -0.1) is 0 Å². The fourth-order valence-corrected chi connectivity index (χ4v) is 1.21. The molecule has 0 saturated heterocycles. The molecule has 1 aromatic carbocycles. The number of nitrogens with zero attached hydrogens (tertiary/aromatic N) is 1. The van der Waals surface area contributed by atoms with E-state index in [9.17, 15) is 9.18 Å². The molecule has 0 heterocycles. The first-order valence-electron chi connectivity index (χ1n) is 3.99. The van der Waals surface area contributed by atoms with Gasteiger partial charge in [-0.2, -0.15) is 5.10 Å². The quantitative estimate of drug-likeness (QED) is 0.658. The Morgan fingerprint density at radius 3 is 2.80 bits per heavy atom. The second kappa shape index (κ2) is 4.88.